The molecule has 0 aromatic heterocycles. The van der Waals surface area contributed by atoms with Crippen LogP contribution in [-0.4, -0.2) is 19.6 Å². The lowest BCUT2D eigenvalue weighted by Gasteiger charge is -2.18. The number of hydrogen-bond donors (Lipinski definition) is 1. The van der Waals surface area contributed by atoms with E-state index in [9.17, 15) is 9.18 Å². The van der Waals surface area contributed by atoms with Gasteiger partial charge in [-0.2, -0.15) is 0 Å². The van der Waals surface area contributed by atoms with Crippen LogP contribution in [0.2, 0.25) is 0 Å². The number of methoxy groups -OCH3 is 1. The van der Waals surface area contributed by atoms with Crippen LogP contribution in [0, 0.1) is 5.82 Å². The first-order chi connectivity index (χ1) is 10.2. The zero-order chi connectivity index (χ0) is 15.1. The molecule has 1 N–H and O–H groups in total. The predicted octanol–water partition coefficient (Wildman–Crippen LogP) is 3.52. The predicted molar refractivity (Wildman–Crippen MR) is 80.3 cm³/mol. The van der Waals surface area contributed by atoms with Gasteiger partial charge in [0.15, 0.2) is 0 Å². The molecule has 0 amide bonds. The first kappa shape index (κ1) is 15.7. The standard InChI is InChI=1S/C17H22FNO2/c1-21-17(20)16(14-7-9-15(18)10-8-14)19-12-11-13-5-3-2-4-6-13/h5,7-10,16,19H,2-4,6,11-12H2,1H3. The van der Waals surface area contributed by atoms with E-state index in [1.54, 1.807) is 12.1 Å². The van der Waals surface area contributed by atoms with E-state index in [4.69, 9.17) is 4.74 Å². The Labute approximate surface area is 125 Å². The van der Waals surface area contributed by atoms with E-state index in [-0.39, 0.29) is 11.8 Å². The van der Waals surface area contributed by atoms with Crippen molar-refractivity contribution in [2.75, 3.05) is 13.7 Å². The lowest BCUT2D eigenvalue weighted by molar-refractivity contribution is -0.143. The Morgan fingerprint density at radius 3 is 2.71 bits per heavy atom. The molecule has 0 spiro atoms. The molecule has 0 radical (unpaired) electrons. The highest BCUT2D eigenvalue weighted by molar-refractivity contribution is 5.77. The number of benzene rings is 1. The average Bonchev–Trinajstić information content (AvgIpc) is 2.53. The van der Waals surface area contributed by atoms with Crippen molar-refractivity contribution in [3.63, 3.8) is 0 Å². The minimum Gasteiger partial charge on any atom is -0.468 e. The van der Waals surface area contributed by atoms with Crippen LogP contribution in [0.4, 0.5) is 4.39 Å². The normalized spacial score (nSPS) is 16.2. The molecule has 0 saturated heterocycles. The lowest BCUT2D eigenvalue weighted by Crippen LogP contribution is -2.30. The van der Waals surface area contributed by atoms with Gasteiger partial charge in [0.1, 0.15) is 11.9 Å². The van der Waals surface area contributed by atoms with E-state index in [0.29, 0.717) is 6.54 Å². The van der Waals surface area contributed by atoms with Gasteiger partial charge in [-0.1, -0.05) is 23.8 Å². The van der Waals surface area contributed by atoms with Gasteiger partial charge in [-0.05, 0) is 56.3 Å². The second kappa shape index (κ2) is 7.93. The van der Waals surface area contributed by atoms with E-state index in [1.165, 1.54) is 37.7 Å². The Bertz CT molecular complexity index is 496. The van der Waals surface area contributed by atoms with E-state index >= 15 is 0 Å². The van der Waals surface area contributed by atoms with Crippen LogP contribution in [0.25, 0.3) is 0 Å². The molecule has 4 heteroatoms. The zero-order valence-electron chi connectivity index (χ0n) is 12.4. The number of hydrogen-bond acceptors (Lipinski definition) is 3. The second-order valence-corrected chi connectivity index (χ2v) is 5.32. The summed E-state index contributed by atoms with van der Waals surface area (Å²) in [5.41, 5.74) is 2.18. The summed E-state index contributed by atoms with van der Waals surface area (Å²) in [6, 6.07) is 5.40. The molecule has 1 atom stereocenters. The Hall–Kier alpha value is -1.68. The molecular weight excluding hydrogens is 269 g/mol. The summed E-state index contributed by atoms with van der Waals surface area (Å²) in [5, 5.41) is 3.22. The van der Waals surface area contributed by atoms with Gasteiger partial charge in [-0.3, -0.25) is 0 Å². The van der Waals surface area contributed by atoms with Crippen molar-refractivity contribution in [1.29, 1.82) is 0 Å². The Balaban J connectivity index is 1.95. The first-order valence-corrected chi connectivity index (χ1v) is 7.45. The monoisotopic (exact) mass is 291 g/mol. The van der Waals surface area contributed by atoms with Gasteiger partial charge < -0.3 is 10.1 Å². The van der Waals surface area contributed by atoms with Crippen LogP contribution < -0.4 is 5.32 Å². The number of carbonyl (C=O) groups is 1. The van der Waals surface area contributed by atoms with Crippen LogP contribution in [0.1, 0.15) is 43.7 Å². The van der Waals surface area contributed by atoms with Crippen LogP contribution in [0.3, 0.4) is 0 Å². The molecule has 1 aromatic rings. The quantitative estimate of drug-likeness (QED) is 0.644. The molecule has 1 unspecified atom stereocenters. The van der Waals surface area contributed by atoms with Crippen LogP contribution in [-0.2, 0) is 9.53 Å². The van der Waals surface area contributed by atoms with Crippen LogP contribution in [0.15, 0.2) is 35.9 Å². The van der Waals surface area contributed by atoms with E-state index in [0.717, 1.165) is 24.8 Å². The molecule has 1 aliphatic rings. The third-order valence-electron chi connectivity index (χ3n) is 3.82. The number of ether oxygens (including phenoxy) is 1. The molecule has 1 aromatic carbocycles. The van der Waals surface area contributed by atoms with Crippen molar-refractivity contribution in [3.8, 4) is 0 Å². The summed E-state index contributed by atoms with van der Waals surface area (Å²) in [4.78, 5) is 11.9. The molecule has 21 heavy (non-hydrogen) atoms. The molecule has 0 saturated carbocycles. The van der Waals surface area contributed by atoms with Crippen molar-refractivity contribution >= 4 is 5.97 Å². The topological polar surface area (TPSA) is 38.3 Å². The minimum atomic E-state index is -0.542. The SMILES string of the molecule is COC(=O)C(NCCC1=CCCCC1)c1ccc(F)cc1. The van der Waals surface area contributed by atoms with Gasteiger partial charge in [0, 0.05) is 0 Å². The Kier molecular flexibility index (Phi) is 5.93. The van der Waals surface area contributed by atoms with E-state index in [2.05, 4.69) is 11.4 Å². The lowest BCUT2D eigenvalue weighted by atomic mass is 9.97. The molecule has 0 aliphatic heterocycles. The fraction of sp³-hybridized carbons (Fsp3) is 0.471. The fourth-order valence-electron chi connectivity index (χ4n) is 2.62. The van der Waals surface area contributed by atoms with Gasteiger partial charge in [-0.25, -0.2) is 9.18 Å². The van der Waals surface area contributed by atoms with E-state index < -0.39 is 6.04 Å². The molecule has 2 rings (SSSR count). The summed E-state index contributed by atoms with van der Waals surface area (Å²) < 4.78 is 17.8. The van der Waals surface area contributed by atoms with Crippen molar-refractivity contribution in [2.45, 2.75) is 38.1 Å². The number of rotatable bonds is 6. The highest BCUT2D eigenvalue weighted by Crippen LogP contribution is 2.20. The molecule has 1 aliphatic carbocycles. The number of carbonyl (C=O) groups excluding carboxylic acids is 1. The Morgan fingerprint density at radius 2 is 2.10 bits per heavy atom. The van der Waals surface area contributed by atoms with Crippen molar-refractivity contribution < 1.29 is 13.9 Å². The maximum absolute atomic E-state index is 13.0. The van der Waals surface area contributed by atoms with Gasteiger partial charge >= 0.3 is 5.97 Å². The summed E-state index contributed by atoms with van der Waals surface area (Å²) in [6.07, 6.45) is 8.08. The largest absolute Gasteiger partial charge is 0.468 e. The first-order valence-electron chi connectivity index (χ1n) is 7.45. The van der Waals surface area contributed by atoms with Gasteiger partial charge in [0.2, 0.25) is 0 Å². The summed E-state index contributed by atoms with van der Waals surface area (Å²) in [5.74, 6) is -0.658. The zero-order valence-corrected chi connectivity index (χ0v) is 12.4. The highest BCUT2D eigenvalue weighted by Gasteiger charge is 2.20. The summed E-state index contributed by atoms with van der Waals surface area (Å²) >= 11 is 0. The summed E-state index contributed by atoms with van der Waals surface area (Å²) in [6.45, 7) is 0.711. The van der Waals surface area contributed by atoms with Crippen LogP contribution >= 0.6 is 0 Å². The third-order valence-corrected chi connectivity index (χ3v) is 3.82. The number of allylic oxidation sites excluding steroid dienone is 1. The number of nitrogens with one attached hydrogen (secondary N) is 1. The highest BCUT2D eigenvalue weighted by atomic mass is 19.1. The number of esters is 1. The molecule has 0 heterocycles. The van der Waals surface area contributed by atoms with Crippen molar-refractivity contribution in [2.24, 2.45) is 0 Å². The molecule has 3 nitrogen and oxygen atoms in total. The van der Waals surface area contributed by atoms with Crippen molar-refractivity contribution in [1.82, 2.24) is 5.32 Å². The second-order valence-electron chi connectivity index (χ2n) is 5.32. The summed E-state index contributed by atoms with van der Waals surface area (Å²) in [7, 11) is 1.37. The van der Waals surface area contributed by atoms with E-state index in [1.807, 2.05) is 0 Å². The van der Waals surface area contributed by atoms with Crippen LogP contribution in [0.5, 0.6) is 0 Å². The molecule has 0 bridgehead atoms. The van der Waals surface area contributed by atoms with Gasteiger partial charge in [0.25, 0.3) is 0 Å². The Morgan fingerprint density at radius 1 is 1.33 bits per heavy atom. The minimum absolute atomic E-state index is 0.310. The van der Waals surface area contributed by atoms with Gasteiger partial charge in [-0.15, -0.1) is 0 Å². The maximum atomic E-state index is 13.0. The fourth-order valence-corrected chi connectivity index (χ4v) is 2.62. The maximum Gasteiger partial charge on any atom is 0.327 e. The van der Waals surface area contributed by atoms with Crippen molar-refractivity contribution in [3.05, 3.63) is 47.3 Å². The molecule has 0 fully saturated rings. The van der Waals surface area contributed by atoms with Gasteiger partial charge in [0.05, 0.1) is 7.11 Å². The average molecular weight is 291 g/mol. The molecular formula is C17H22FNO2. The number of halogens is 1. The smallest absolute Gasteiger partial charge is 0.327 e. The third kappa shape index (κ3) is 4.67. The molecule has 114 valence electrons.